The molecule has 0 spiro atoms. The summed E-state index contributed by atoms with van der Waals surface area (Å²) >= 11 is 0. The van der Waals surface area contributed by atoms with Crippen LogP contribution in [0.2, 0.25) is 0 Å². The highest BCUT2D eigenvalue weighted by atomic mass is 19.1. The molecule has 0 aliphatic heterocycles. The summed E-state index contributed by atoms with van der Waals surface area (Å²) in [7, 11) is 0. The van der Waals surface area contributed by atoms with Crippen LogP contribution in [0.1, 0.15) is 25.0 Å². The predicted octanol–water partition coefficient (Wildman–Crippen LogP) is 2.90. The smallest absolute Gasteiger partial charge is 0.309 e. The zero-order valence-corrected chi connectivity index (χ0v) is 9.12. The average molecular weight is 210 g/mol. The topological polar surface area (TPSA) is 37.3 Å². The van der Waals surface area contributed by atoms with Crippen molar-refractivity contribution >= 4 is 5.97 Å². The zero-order chi connectivity index (χ0) is 11.6. The standard InChI is InChI=1S/C12H15FO2/c1-8-5-4-6-10(7-8)12(3,13)9(2)11(14)15/h4-7,9H,1-3H3,(H,14,15). The molecule has 3 heteroatoms. The normalized spacial score (nSPS) is 16.8. The minimum atomic E-state index is -1.84. The molecule has 0 saturated heterocycles. The monoisotopic (exact) mass is 210 g/mol. The predicted molar refractivity (Wildman–Crippen MR) is 56.4 cm³/mol. The molecule has 0 amide bonds. The van der Waals surface area contributed by atoms with E-state index in [2.05, 4.69) is 0 Å². The molecular weight excluding hydrogens is 195 g/mol. The van der Waals surface area contributed by atoms with Gasteiger partial charge in [0.15, 0.2) is 0 Å². The van der Waals surface area contributed by atoms with Crippen LogP contribution in [0, 0.1) is 12.8 Å². The second kappa shape index (κ2) is 4.01. The molecule has 2 nitrogen and oxygen atoms in total. The van der Waals surface area contributed by atoms with Gasteiger partial charge in [-0.2, -0.15) is 0 Å². The van der Waals surface area contributed by atoms with E-state index in [-0.39, 0.29) is 0 Å². The third kappa shape index (κ3) is 2.35. The molecule has 82 valence electrons. The van der Waals surface area contributed by atoms with E-state index >= 15 is 0 Å². The lowest BCUT2D eigenvalue weighted by molar-refractivity contribution is -0.146. The van der Waals surface area contributed by atoms with E-state index < -0.39 is 17.6 Å². The van der Waals surface area contributed by atoms with Crippen molar-refractivity contribution in [2.75, 3.05) is 0 Å². The molecule has 1 aromatic rings. The molecule has 0 aliphatic rings. The summed E-state index contributed by atoms with van der Waals surface area (Å²) in [5.74, 6) is -2.18. The number of hydrogen-bond donors (Lipinski definition) is 1. The molecule has 0 fully saturated rings. The van der Waals surface area contributed by atoms with Gasteiger partial charge < -0.3 is 5.11 Å². The van der Waals surface area contributed by atoms with Crippen LogP contribution < -0.4 is 0 Å². The summed E-state index contributed by atoms with van der Waals surface area (Å²) in [5.41, 5.74) is -0.496. The SMILES string of the molecule is Cc1cccc(C(C)(F)C(C)C(=O)O)c1. The lowest BCUT2D eigenvalue weighted by Crippen LogP contribution is -2.31. The highest BCUT2D eigenvalue weighted by molar-refractivity contribution is 5.71. The molecule has 0 saturated carbocycles. The van der Waals surface area contributed by atoms with Gasteiger partial charge in [-0.3, -0.25) is 4.79 Å². The molecule has 0 bridgehead atoms. The lowest BCUT2D eigenvalue weighted by atomic mass is 9.85. The fourth-order valence-corrected chi connectivity index (χ4v) is 1.43. The van der Waals surface area contributed by atoms with E-state index in [4.69, 9.17) is 5.11 Å². The summed E-state index contributed by atoms with van der Waals surface area (Å²) in [6.07, 6.45) is 0. The van der Waals surface area contributed by atoms with Crippen molar-refractivity contribution in [3.63, 3.8) is 0 Å². The number of carbonyl (C=O) groups is 1. The number of benzene rings is 1. The van der Waals surface area contributed by atoms with Crippen LogP contribution >= 0.6 is 0 Å². The summed E-state index contributed by atoms with van der Waals surface area (Å²) in [5, 5.41) is 8.81. The summed E-state index contributed by atoms with van der Waals surface area (Å²) in [4.78, 5) is 10.8. The van der Waals surface area contributed by atoms with Crippen molar-refractivity contribution in [1.29, 1.82) is 0 Å². The molecule has 2 unspecified atom stereocenters. The number of halogens is 1. The molecule has 0 radical (unpaired) electrons. The Morgan fingerprint density at radius 2 is 2.13 bits per heavy atom. The Bertz CT molecular complexity index is 372. The minimum Gasteiger partial charge on any atom is -0.481 e. The Morgan fingerprint density at radius 1 is 1.53 bits per heavy atom. The second-order valence-corrected chi connectivity index (χ2v) is 4.01. The van der Waals surface area contributed by atoms with Gasteiger partial charge in [0.05, 0.1) is 5.92 Å². The molecular formula is C12H15FO2. The average Bonchev–Trinajstić information content (AvgIpc) is 2.16. The van der Waals surface area contributed by atoms with Crippen molar-refractivity contribution in [3.05, 3.63) is 35.4 Å². The quantitative estimate of drug-likeness (QED) is 0.832. The van der Waals surface area contributed by atoms with Gasteiger partial charge in [0.1, 0.15) is 5.67 Å². The van der Waals surface area contributed by atoms with E-state index in [1.54, 1.807) is 18.2 Å². The van der Waals surface area contributed by atoms with Crippen LogP contribution in [0.5, 0.6) is 0 Å². The van der Waals surface area contributed by atoms with Gasteiger partial charge in [-0.05, 0) is 26.3 Å². The van der Waals surface area contributed by atoms with Crippen molar-refractivity contribution in [2.24, 2.45) is 5.92 Å². The molecule has 1 rings (SSSR count). The van der Waals surface area contributed by atoms with Crippen LogP contribution in [0.15, 0.2) is 24.3 Å². The Hall–Kier alpha value is -1.38. The van der Waals surface area contributed by atoms with Crippen LogP contribution in [0.4, 0.5) is 4.39 Å². The fourth-order valence-electron chi connectivity index (χ4n) is 1.43. The Kier molecular flexibility index (Phi) is 3.12. The molecule has 0 aliphatic carbocycles. The molecule has 15 heavy (non-hydrogen) atoms. The van der Waals surface area contributed by atoms with Gasteiger partial charge in [0.2, 0.25) is 0 Å². The maximum Gasteiger partial charge on any atom is 0.309 e. The minimum absolute atomic E-state index is 0.414. The van der Waals surface area contributed by atoms with Crippen LogP contribution in [-0.2, 0) is 10.5 Å². The first-order chi connectivity index (χ1) is 6.85. The van der Waals surface area contributed by atoms with E-state index in [9.17, 15) is 9.18 Å². The first-order valence-corrected chi connectivity index (χ1v) is 4.84. The van der Waals surface area contributed by atoms with Gasteiger partial charge in [-0.25, -0.2) is 4.39 Å². The number of aliphatic carboxylic acids is 1. The van der Waals surface area contributed by atoms with E-state index in [1.165, 1.54) is 13.8 Å². The van der Waals surface area contributed by atoms with Gasteiger partial charge >= 0.3 is 5.97 Å². The number of carboxylic acid groups (broad SMARTS) is 1. The fraction of sp³-hybridized carbons (Fsp3) is 0.417. The van der Waals surface area contributed by atoms with Crippen LogP contribution in [-0.4, -0.2) is 11.1 Å². The van der Waals surface area contributed by atoms with Gasteiger partial charge in [0, 0.05) is 0 Å². The number of rotatable bonds is 3. The van der Waals surface area contributed by atoms with Crippen molar-refractivity contribution in [2.45, 2.75) is 26.4 Å². The lowest BCUT2D eigenvalue weighted by Gasteiger charge is -2.25. The maximum atomic E-state index is 14.3. The largest absolute Gasteiger partial charge is 0.481 e. The van der Waals surface area contributed by atoms with Gasteiger partial charge in [-0.1, -0.05) is 29.8 Å². The van der Waals surface area contributed by atoms with Crippen molar-refractivity contribution in [1.82, 2.24) is 0 Å². The number of alkyl halides is 1. The van der Waals surface area contributed by atoms with Crippen molar-refractivity contribution in [3.8, 4) is 0 Å². The molecule has 1 aromatic carbocycles. The summed E-state index contributed by atoms with van der Waals surface area (Å²) in [6, 6.07) is 6.88. The van der Waals surface area contributed by atoms with Gasteiger partial charge in [-0.15, -0.1) is 0 Å². The maximum absolute atomic E-state index is 14.3. The molecule has 1 N–H and O–H groups in total. The zero-order valence-electron chi connectivity index (χ0n) is 9.12. The highest BCUT2D eigenvalue weighted by Crippen LogP contribution is 2.34. The van der Waals surface area contributed by atoms with Gasteiger partial charge in [0.25, 0.3) is 0 Å². The highest BCUT2D eigenvalue weighted by Gasteiger charge is 2.37. The third-order valence-corrected chi connectivity index (χ3v) is 2.77. The van der Waals surface area contributed by atoms with Crippen molar-refractivity contribution < 1.29 is 14.3 Å². The number of hydrogen-bond acceptors (Lipinski definition) is 1. The van der Waals surface area contributed by atoms with Crippen LogP contribution in [0.3, 0.4) is 0 Å². The summed E-state index contributed by atoms with van der Waals surface area (Å²) < 4.78 is 14.3. The molecule has 2 atom stereocenters. The van der Waals surface area contributed by atoms with E-state index in [0.29, 0.717) is 5.56 Å². The van der Waals surface area contributed by atoms with E-state index in [1.807, 2.05) is 13.0 Å². The van der Waals surface area contributed by atoms with E-state index in [0.717, 1.165) is 5.56 Å². The van der Waals surface area contributed by atoms with Crippen LogP contribution in [0.25, 0.3) is 0 Å². The first-order valence-electron chi connectivity index (χ1n) is 4.84. The Balaban J connectivity index is 3.10. The Labute approximate surface area is 88.7 Å². The first kappa shape index (κ1) is 11.7. The number of carboxylic acids is 1. The summed E-state index contributed by atoms with van der Waals surface area (Å²) in [6.45, 7) is 4.54. The third-order valence-electron chi connectivity index (χ3n) is 2.77. The molecule has 0 heterocycles. The number of aryl methyl sites for hydroxylation is 1. The Morgan fingerprint density at radius 3 is 2.60 bits per heavy atom. The molecule has 0 aromatic heterocycles. The second-order valence-electron chi connectivity index (χ2n) is 4.01.